The molecular formula is C17H18N4. The summed E-state index contributed by atoms with van der Waals surface area (Å²) >= 11 is 0. The van der Waals surface area contributed by atoms with Crippen molar-refractivity contribution in [3.05, 3.63) is 65.9 Å². The third kappa shape index (κ3) is 3.11. The molecule has 0 aliphatic rings. The quantitative estimate of drug-likeness (QED) is 0.749. The van der Waals surface area contributed by atoms with E-state index >= 15 is 0 Å². The van der Waals surface area contributed by atoms with Crippen LogP contribution in [0.2, 0.25) is 0 Å². The molecule has 0 amide bonds. The van der Waals surface area contributed by atoms with Crippen molar-refractivity contribution in [3.63, 3.8) is 0 Å². The summed E-state index contributed by atoms with van der Waals surface area (Å²) in [5, 5.41) is 14.6. The number of hydrogen-bond donors (Lipinski definition) is 2. The number of nitrogens with one attached hydrogen (secondary N) is 2. The van der Waals surface area contributed by atoms with Crippen molar-refractivity contribution in [2.75, 3.05) is 5.32 Å². The molecule has 1 aromatic heterocycles. The summed E-state index contributed by atoms with van der Waals surface area (Å²) in [7, 11) is 0. The topological polar surface area (TPSA) is 53.6 Å². The van der Waals surface area contributed by atoms with Crippen LogP contribution in [-0.2, 0) is 13.0 Å². The van der Waals surface area contributed by atoms with Gasteiger partial charge in [-0.15, -0.1) is 0 Å². The number of nitrogens with zero attached hydrogens (tertiary/aromatic N) is 2. The van der Waals surface area contributed by atoms with Crippen LogP contribution < -0.4 is 5.32 Å². The fraction of sp³-hybridized carbons (Fsp3) is 0.176. The van der Waals surface area contributed by atoms with Gasteiger partial charge in [0.05, 0.1) is 6.54 Å². The van der Waals surface area contributed by atoms with Gasteiger partial charge in [0.2, 0.25) is 0 Å². The van der Waals surface area contributed by atoms with Gasteiger partial charge in [-0.1, -0.05) is 49.4 Å². The molecule has 2 aromatic carbocycles. The first-order valence-electron chi connectivity index (χ1n) is 7.14. The molecular weight excluding hydrogens is 260 g/mol. The molecule has 0 aliphatic carbocycles. The lowest BCUT2D eigenvalue weighted by atomic mass is 10.1. The van der Waals surface area contributed by atoms with Crippen molar-refractivity contribution in [2.45, 2.75) is 19.9 Å². The highest BCUT2D eigenvalue weighted by molar-refractivity contribution is 5.61. The van der Waals surface area contributed by atoms with Crippen LogP contribution >= 0.6 is 0 Å². The van der Waals surface area contributed by atoms with E-state index in [-0.39, 0.29) is 0 Å². The summed E-state index contributed by atoms with van der Waals surface area (Å²) in [5.41, 5.74) is 5.32. The predicted octanol–water partition coefficient (Wildman–Crippen LogP) is 3.65. The Bertz CT molecular complexity index is 704. The summed E-state index contributed by atoms with van der Waals surface area (Å²) in [6.45, 7) is 2.80. The average Bonchev–Trinajstić information content (AvgIpc) is 3.02. The zero-order chi connectivity index (χ0) is 14.5. The van der Waals surface area contributed by atoms with E-state index in [9.17, 15) is 0 Å². The Morgan fingerprint density at radius 3 is 2.67 bits per heavy atom. The van der Waals surface area contributed by atoms with Gasteiger partial charge in [0, 0.05) is 11.3 Å². The lowest BCUT2D eigenvalue weighted by Crippen LogP contribution is -2.01. The van der Waals surface area contributed by atoms with Crippen LogP contribution in [0, 0.1) is 0 Å². The number of aromatic nitrogens is 3. The van der Waals surface area contributed by atoms with Crippen LogP contribution in [0.15, 0.2) is 54.6 Å². The molecule has 0 spiro atoms. The van der Waals surface area contributed by atoms with Crippen molar-refractivity contribution in [1.82, 2.24) is 15.4 Å². The van der Waals surface area contributed by atoms with Crippen LogP contribution in [0.4, 0.5) is 5.69 Å². The lowest BCUT2D eigenvalue weighted by molar-refractivity contribution is 0.911. The summed E-state index contributed by atoms with van der Waals surface area (Å²) < 4.78 is 0. The average molecular weight is 278 g/mol. The van der Waals surface area contributed by atoms with Gasteiger partial charge in [-0.25, -0.2) is 0 Å². The normalized spacial score (nSPS) is 10.5. The molecule has 4 nitrogen and oxygen atoms in total. The molecule has 0 unspecified atom stereocenters. The zero-order valence-electron chi connectivity index (χ0n) is 12.0. The first kappa shape index (κ1) is 13.4. The molecule has 3 aromatic rings. The molecule has 0 aliphatic heterocycles. The number of aromatic amines is 1. The fourth-order valence-corrected chi connectivity index (χ4v) is 2.29. The fourth-order valence-electron chi connectivity index (χ4n) is 2.29. The first-order chi connectivity index (χ1) is 10.4. The minimum Gasteiger partial charge on any atom is -0.379 e. The Morgan fingerprint density at radius 2 is 1.86 bits per heavy atom. The van der Waals surface area contributed by atoms with E-state index in [0.717, 1.165) is 29.1 Å². The van der Waals surface area contributed by atoms with Gasteiger partial charge in [0.1, 0.15) is 11.4 Å². The second-order valence-electron chi connectivity index (χ2n) is 4.89. The highest BCUT2D eigenvalue weighted by Crippen LogP contribution is 2.20. The minimum absolute atomic E-state index is 0.647. The predicted molar refractivity (Wildman–Crippen MR) is 85.0 cm³/mol. The molecule has 0 saturated carbocycles. The van der Waals surface area contributed by atoms with E-state index in [1.807, 2.05) is 30.3 Å². The molecule has 0 fully saturated rings. The number of benzene rings is 2. The van der Waals surface area contributed by atoms with Crippen molar-refractivity contribution < 1.29 is 0 Å². The second kappa shape index (κ2) is 6.22. The standard InChI is InChI=1S/C17H18N4/c1-2-13-7-6-10-15(11-13)18-12-16-17(20-21-19-16)14-8-4-3-5-9-14/h3-11,18H,2,12H2,1H3,(H,19,20,21). The van der Waals surface area contributed by atoms with Crippen LogP contribution in [-0.4, -0.2) is 15.4 Å². The van der Waals surface area contributed by atoms with E-state index in [1.165, 1.54) is 5.56 Å². The zero-order valence-corrected chi connectivity index (χ0v) is 12.0. The molecule has 1 heterocycles. The largest absolute Gasteiger partial charge is 0.379 e. The molecule has 0 atom stereocenters. The third-order valence-electron chi connectivity index (χ3n) is 3.46. The maximum atomic E-state index is 4.26. The SMILES string of the molecule is CCc1cccc(NCc2n[nH]nc2-c2ccccc2)c1. The lowest BCUT2D eigenvalue weighted by Gasteiger charge is -2.07. The molecule has 3 rings (SSSR count). The van der Waals surface area contributed by atoms with E-state index in [0.29, 0.717) is 6.54 Å². The highest BCUT2D eigenvalue weighted by Gasteiger charge is 2.09. The van der Waals surface area contributed by atoms with Gasteiger partial charge in [0.15, 0.2) is 0 Å². The Hall–Kier alpha value is -2.62. The summed E-state index contributed by atoms with van der Waals surface area (Å²) in [4.78, 5) is 0. The molecule has 0 saturated heterocycles. The van der Waals surface area contributed by atoms with Crippen molar-refractivity contribution >= 4 is 5.69 Å². The Balaban J connectivity index is 1.76. The number of aryl methyl sites for hydroxylation is 1. The number of H-pyrrole nitrogens is 1. The minimum atomic E-state index is 0.647. The van der Waals surface area contributed by atoms with Crippen molar-refractivity contribution in [1.29, 1.82) is 0 Å². The van der Waals surface area contributed by atoms with E-state index in [2.05, 4.69) is 51.9 Å². The monoisotopic (exact) mass is 278 g/mol. The van der Waals surface area contributed by atoms with Crippen molar-refractivity contribution in [3.8, 4) is 11.3 Å². The molecule has 106 valence electrons. The maximum Gasteiger partial charge on any atom is 0.117 e. The smallest absolute Gasteiger partial charge is 0.117 e. The van der Waals surface area contributed by atoms with Crippen LogP contribution in [0.3, 0.4) is 0 Å². The van der Waals surface area contributed by atoms with Gasteiger partial charge in [-0.3, -0.25) is 0 Å². The van der Waals surface area contributed by atoms with Gasteiger partial charge in [-0.05, 0) is 24.1 Å². The Morgan fingerprint density at radius 1 is 1.00 bits per heavy atom. The highest BCUT2D eigenvalue weighted by atomic mass is 15.3. The summed E-state index contributed by atoms with van der Waals surface area (Å²) in [5.74, 6) is 0. The van der Waals surface area contributed by atoms with Crippen LogP contribution in [0.5, 0.6) is 0 Å². The van der Waals surface area contributed by atoms with E-state index in [1.54, 1.807) is 0 Å². The Labute approximate surface area is 124 Å². The first-order valence-corrected chi connectivity index (χ1v) is 7.14. The molecule has 4 heteroatoms. The van der Waals surface area contributed by atoms with Crippen LogP contribution in [0.25, 0.3) is 11.3 Å². The molecule has 2 N–H and O–H groups in total. The second-order valence-corrected chi connectivity index (χ2v) is 4.89. The summed E-state index contributed by atoms with van der Waals surface area (Å²) in [6, 6.07) is 18.5. The maximum absolute atomic E-state index is 4.26. The third-order valence-corrected chi connectivity index (χ3v) is 3.46. The Kier molecular flexibility index (Phi) is 3.96. The molecule has 0 bridgehead atoms. The van der Waals surface area contributed by atoms with Crippen LogP contribution in [0.1, 0.15) is 18.2 Å². The number of anilines is 1. The van der Waals surface area contributed by atoms with E-state index in [4.69, 9.17) is 0 Å². The van der Waals surface area contributed by atoms with Gasteiger partial charge < -0.3 is 5.32 Å². The van der Waals surface area contributed by atoms with Gasteiger partial charge in [-0.2, -0.15) is 15.4 Å². The van der Waals surface area contributed by atoms with E-state index < -0.39 is 0 Å². The van der Waals surface area contributed by atoms with Gasteiger partial charge >= 0.3 is 0 Å². The molecule has 21 heavy (non-hydrogen) atoms. The summed E-state index contributed by atoms with van der Waals surface area (Å²) in [6.07, 6.45) is 1.04. The van der Waals surface area contributed by atoms with Gasteiger partial charge in [0.25, 0.3) is 0 Å². The van der Waals surface area contributed by atoms with Crippen molar-refractivity contribution in [2.24, 2.45) is 0 Å². The molecule has 0 radical (unpaired) electrons. The number of rotatable bonds is 5. The number of hydrogen-bond acceptors (Lipinski definition) is 3.